The number of carbonyl (C=O) groups excluding carboxylic acids is 3. The summed E-state index contributed by atoms with van der Waals surface area (Å²) in [4.78, 5) is 38.2. The Hall–Kier alpha value is -3.16. The van der Waals surface area contributed by atoms with Crippen molar-refractivity contribution < 1.29 is 14.4 Å². The van der Waals surface area contributed by atoms with E-state index in [1.54, 1.807) is 10.9 Å². The first kappa shape index (κ1) is 17.7. The van der Waals surface area contributed by atoms with Crippen molar-refractivity contribution in [1.82, 2.24) is 24.9 Å². The second-order valence-electron chi connectivity index (χ2n) is 6.32. The van der Waals surface area contributed by atoms with Gasteiger partial charge in [0.2, 0.25) is 5.91 Å². The summed E-state index contributed by atoms with van der Waals surface area (Å²) in [5, 5.41) is 7.06. The van der Waals surface area contributed by atoms with E-state index in [9.17, 15) is 14.4 Å². The Morgan fingerprint density at radius 2 is 1.88 bits per heavy atom. The molecule has 2 aromatic rings. The lowest BCUT2D eigenvalue weighted by Gasteiger charge is -2.15. The van der Waals surface area contributed by atoms with Crippen LogP contribution in [0.1, 0.15) is 17.5 Å². The molecule has 0 radical (unpaired) electrons. The predicted molar refractivity (Wildman–Crippen MR) is 94.0 cm³/mol. The monoisotopic (exact) mass is 355 g/mol. The van der Waals surface area contributed by atoms with E-state index in [1.807, 2.05) is 36.5 Å². The van der Waals surface area contributed by atoms with Crippen LogP contribution in [0.15, 0.2) is 42.7 Å². The lowest BCUT2D eigenvalue weighted by Crippen LogP contribution is -2.37. The number of likely N-dealkylation sites (N-methyl/N-ethyl adjacent to an activating group) is 2. The number of urea groups is 1. The standard InChI is InChI=1S/C18H21N5O3/c1-21-15(17(25)22(2)18(21)26)8-16(24)19-9-14-10-20-23(12-14)11-13-6-4-3-5-7-13/h3-7,10,12,15H,8-9,11H2,1-2H3,(H,19,24)/t15-/m1/s1. The van der Waals surface area contributed by atoms with Gasteiger partial charge in [0, 0.05) is 32.4 Å². The molecule has 3 rings (SSSR count). The van der Waals surface area contributed by atoms with Crippen LogP contribution in [-0.4, -0.2) is 57.6 Å². The van der Waals surface area contributed by atoms with E-state index in [2.05, 4.69) is 10.4 Å². The maximum atomic E-state index is 12.1. The summed E-state index contributed by atoms with van der Waals surface area (Å²) in [7, 11) is 2.94. The van der Waals surface area contributed by atoms with Crippen LogP contribution in [0, 0.1) is 0 Å². The van der Waals surface area contributed by atoms with Crippen molar-refractivity contribution in [2.45, 2.75) is 25.6 Å². The first-order valence-corrected chi connectivity index (χ1v) is 8.32. The molecule has 4 amide bonds. The van der Waals surface area contributed by atoms with Gasteiger partial charge in [-0.25, -0.2) is 4.79 Å². The van der Waals surface area contributed by atoms with Gasteiger partial charge < -0.3 is 10.2 Å². The Bertz CT molecular complexity index is 817. The zero-order valence-electron chi connectivity index (χ0n) is 14.8. The van der Waals surface area contributed by atoms with Crippen molar-refractivity contribution in [2.24, 2.45) is 0 Å². The Kier molecular flexibility index (Phi) is 5.01. The van der Waals surface area contributed by atoms with Gasteiger partial charge >= 0.3 is 6.03 Å². The van der Waals surface area contributed by atoms with Gasteiger partial charge in [0.25, 0.3) is 5.91 Å². The molecule has 1 atom stereocenters. The molecule has 1 aliphatic rings. The molecule has 0 aliphatic carbocycles. The van der Waals surface area contributed by atoms with Crippen LogP contribution in [-0.2, 0) is 22.7 Å². The molecule has 1 saturated heterocycles. The highest BCUT2D eigenvalue weighted by Gasteiger charge is 2.41. The summed E-state index contributed by atoms with van der Waals surface area (Å²) in [6.45, 7) is 0.979. The molecular formula is C18H21N5O3. The van der Waals surface area contributed by atoms with Gasteiger partial charge in [0.05, 0.1) is 19.2 Å². The molecule has 1 aromatic heterocycles. The van der Waals surface area contributed by atoms with Gasteiger partial charge in [0.15, 0.2) is 0 Å². The molecule has 0 spiro atoms. The van der Waals surface area contributed by atoms with Crippen molar-refractivity contribution >= 4 is 17.8 Å². The van der Waals surface area contributed by atoms with Crippen molar-refractivity contribution in [2.75, 3.05) is 14.1 Å². The lowest BCUT2D eigenvalue weighted by molar-refractivity contribution is -0.131. The van der Waals surface area contributed by atoms with E-state index < -0.39 is 12.1 Å². The summed E-state index contributed by atoms with van der Waals surface area (Å²) in [5.74, 6) is -0.641. The molecule has 26 heavy (non-hydrogen) atoms. The number of nitrogens with zero attached hydrogens (tertiary/aromatic N) is 4. The van der Waals surface area contributed by atoms with Crippen LogP contribution in [0.25, 0.3) is 0 Å². The zero-order valence-corrected chi connectivity index (χ0v) is 14.8. The first-order chi connectivity index (χ1) is 12.5. The van der Waals surface area contributed by atoms with Gasteiger partial charge in [-0.05, 0) is 5.56 Å². The minimum Gasteiger partial charge on any atom is -0.352 e. The molecular weight excluding hydrogens is 334 g/mol. The highest BCUT2D eigenvalue weighted by Crippen LogP contribution is 2.16. The number of carbonyl (C=O) groups is 3. The summed E-state index contributed by atoms with van der Waals surface area (Å²) < 4.78 is 1.80. The molecule has 0 bridgehead atoms. The first-order valence-electron chi connectivity index (χ1n) is 8.32. The highest BCUT2D eigenvalue weighted by atomic mass is 16.2. The number of aromatic nitrogens is 2. The number of rotatable bonds is 6. The van der Waals surface area contributed by atoms with E-state index in [-0.39, 0.29) is 18.2 Å². The number of nitrogens with one attached hydrogen (secondary N) is 1. The van der Waals surface area contributed by atoms with E-state index >= 15 is 0 Å². The Labute approximate surface area is 151 Å². The second-order valence-corrected chi connectivity index (χ2v) is 6.32. The Balaban J connectivity index is 1.51. The fourth-order valence-electron chi connectivity index (χ4n) is 2.88. The Morgan fingerprint density at radius 3 is 2.54 bits per heavy atom. The van der Waals surface area contributed by atoms with Crippen molar-refractivity contribution in [3.63, 3.8) is 0 Å². The van der Waals surface area contributed by atoms with Gasteiger partial charge in [-0.1, -0.05) is 30.3 Å². The molecule has 1 aliphatic heterocycles. The van der Waals surface area contributed by atoms with Crippen LogP contribution >= 0.6 is 0 Å². The van der Waals surface area contributed by atoms with Gasteiger partial charge in [-0.2, -0.15) is 5.10 Å². The third kappa shape index (κ3) is 3.74. The van der Waals surface area contributed by atoms with E-state index in [1.165, 1.54) is 19.0 Å². The smallest absolute Gasteiger partial charge is 0.326 e. The van der Waals surface area contributed by atoms with Gasteiger partial charge in [0.1, 0.15) is 6.04 Å². The number of benzene rings is 1. The van der Waals surface area contributed by atoms with Crippen LogP contribution in [0.4, 0.5) is 4.79 Å². The molecule has 1 fully saturated rings. The molecule has 1 N–H and O–H groups in total. The maximum absolute atomic E-state index is 12.1. The van der Waals surface area contributed by atoms with E-state index in [0.29, 0.717) is 13.1 Å². The summed E-state index contributed by atoms with van der Waals surface area (Å²) >= 11 is 0. The number of imide groups is 1. The maximum Gasteiger partial charge on any atom is 0.326 e. The highest BCUT2D eigenvalue weighted by molar-refractivity contribution is 6.05. The van der Waals surface area contributed by atoms with Crippen LogP contribution < -0.4 is 5.32 Å². The van der Waals surface area contributed by atoms with E-state index in [0.717, 1.165) is 16.0 Å². The average Bonchev–Trinajstić information content (AvgIpc) is 3.16. The second kappa shape index (κ2) is 7.38. The largest absolute Gasteiger partial charge is 0.352 e. The quantitative estimate of drug-likeness (QED) is 0.778. The summed E-state index contributed by atoms with van der Waals surface area (Å²) in [5.41, 5.74) is 2.01. The SMILES string of the molecule is CN1C(=O)[C@@H](CC(=O)NCc2cnn(Cc3ccccc3)c2)N(C)C1=O. The number of hydrogen-bond donors (Lipinski definition) is 1. The molecule has 0 unspecified atom stereocenters. The molecule has 1 aromatic carbocycles. The average molecular weight is 355 g/mol. The van der Waals surface area contributed by atoms with Crippen molar-refractivity contribution in [1.29, 1.82) is 0 Å². The lowest BCUT2D eigenvalue weighted by atomic mass is 10.2. The molecule has 2 heterocycles. The summed E-state index contributed by atoms with van der Waals surface area (Å²) in [6.07, 6.45) is 3.52. The van der Waals surface area contributed by atoms with Crippen LogP contribution in [0.5, 0.6) is 0 Å². The predicted octanol–water partition coefficient (Wildman–Crippen LogP) is 0.830. The topological polar surface area (TPSA) is 87.5 Å². The van der Waals surface area contributed by atoms with Crippen LogP contribution in [0.2, 0.25) is 0 Å². The van der Waals surface area contributed by atoms with Crippen molar-refractivity contribution in [3.8, 4) is 0 Å². The summed E-state index contributed by atoms with van der Waals surface area (Å²) in [6, 6.07) is 8.83. The van der Waals surface area contributed by atoms with Crippen molar-refractivity contribution in [3.05, 3.63) is 53.9 Å². The molecule has 0 saturated carbocycles. The molecule has 8 heteroatoms. The third-order valence-corrected chi connectivity index (χ3v) is 4.41. The third-order valence-electron chi connectivity index (χ3n) is 4.41. The normalized spacial score (nSPS) is 17.1. The number of hydrogen-bond acceptors (Lipinski definition) is 4. The fourth-order valence-corrected chi connectivity index (χ4v) is 2.88. The molecule has 136 valence electrons. The Morgan fingerprint density at radius 1 is 1.15 bits per heavy atom. The fraction of sp³-hybridized carbons (Fsp3) is 0.333. The molecule has 8 nitrogen and oxygen atoms in total. The van der Waals surface area contributed by atoms with Gasteiger partial charge in [-0.15, -0.1) is 0 Å². The minimum atomic E-state index is -0.742. The minimum absolute atomic E-state index is 0.0520. The van der Waals surface area contributed by atoms with Crippen LogP contribution in [0.3, 0.4) is 0 Å². The zero-order chi connectivity index (χ0) is 18.7. The number of amides is 4. The van der Waals surface area contributed by atoms with Gasteiger partial charge in [-0.3, -0.25) is 19.2 Å². The van der Waals surface area contributed by atoms with E-state index in [4.69, 9.17) is 0 Å².